The SMILES string of the molecule is Cl.NCCN1C(=O)SC(=Cc2ccc(F)c(Oc3ccccc3)c2)C1=O. The fourth-order valence-electron chi connectivity index (χ4n) is 2.28. The molecule has 1 aliphatic rings. The van der Waals surface area contributed by atoms with Crippen molar-refractivity contribution in [1.82, 2.24) is 4.90 Å². The van der Waals surface area contributed by atoms with Gasteiger partial charge >= 0.3 is 0 Å². The van der Waals surface area contributed by atoms with Crippen LogP contribution in [-0.2, 0) is 4.79 Å². The number of nitrogens with zero attached hydrogens (tertiary/aromatic N) is 1. The number of halogens is 2. The number of nitrogens with two attached hydrogens (primary N) is 1. The molecule has 0 saturated carbocycles. The van der Waals surface area contributed by atoms with Crippen molar-refractivity contribution in [2.45, 2.75) is 0 Å². The van der Waals surface area contributed by atoms with E-state index in [-0.39, 0.29) is 41.4 Å². The lowest BCUT2D eigenvalue weighted by Crippen LogP contribution is -2.33. The zero-order valence-corrected chi connectivity index (χ0v) is 15.2. The molecular weight excluding hydrogens is 379 g/mol. The van der Waals surface area contributed by atoms with E-state index in [1.165, 1.54) is 18.2 Å². The van der Waals surface area contributed by atoms with E-state index < -0.39 is 11.7 Å². The van der Waals surface area contributed by atoms with Gasteiger partial charge in [-0.3, -0.25) is 14.5 Å². The Bertz CT molecular complexity index is 846. The van der Waals surface area contributed by atoms with Crippen molar-refractivity contribution in [3.05, 3.63) is 64.8 Å². The van der Waals surface area contributed by atoms with Gasteiger partial charge in [0, 0.05) is 13.1 Å². The molecule has 1 heterocycles. The maximum atomic E-state index is 14.0. The summed E-state index contributed by atoms with van der Waals surface area (Å²) in [5.41, 5.74) is 5.97. The number of carbonyl (C=O) groups is 2. The van der Waals surface area contributed by atoms with Crippen molar-refractivity contribution in [2.24, 2.45) is 5.73 Å². The summed E-state index contributed by atoms with van der Waals surface area (Å²) >= 11 is 0.839. The van der Waals surface area contributed by atoms with E-state index in [9.17, 15) is 14.0 Å². The van der Waals surface area contributed by atoms with Crippen LogP contribution in [0.4, 0.5) is 9.18 Å². The summed E-state index contributed by atoms with van der Waals surface area (Å²) in [6.45, 7) is 0.380. The van der Waals surface area contributed by atoms with Gasteiger partial charge in [0.05, 0.1) is 4.91 Å². The largest absolute Gasteiger partial charge is 0.454 e. The topological polar surface area (TPSA) is 72.6 Å². The number of rotatable bonds is 5. The number of para-hydroxylation sites is 1. The minimum absolute atomic E-state index is 0. The smallest absolute Gasteiger partial charge is 0.293 e. The molecule has 0 bridgehead atoms. The molecule has 0 aliphatic carbocycles. The molecule has 8 heteroatoms. The first-order chi connectivity index (χ1) is 12.1. The predicted octanol–water partition coefficient (Wildman–Crippen LogP) is 4.03. The van der Waals surface area contributed by atoms with E-state index >= 15 is 0 Å². The van der Waals surface area contributed by atoms with Crippen molar-refractivity contribution < 1.29 is 18.7 Å². The zero-order valence-electron chi connectivity index (χ0n) is 13.6. The Balaban J connectivity index is 0.00000243. The molecule has 0 atom stereocenters. The van der Waals surface area contributed by atoms with E-state index in [0.717, 1.165) is 16.7 Å². The second-order valence-corrected chi connectivity index (χ2v) is 6.22. The van der Waals surface area contributed by atoms with E-state index in [0.29, 0.717) is 11.3 Å². The highest BCUT2D eigenvalue weighted by Gasteiger charge is 2.34. The summed E-state index contributed by atoms with van der Waals surface area (Å²) in [6.07, 6.45) is 1.54. The minimum atomic E-state index is -0.516. The molecule has 2 amide bonds. The fraction of sp³-hybridized carbons (Fsp3) is 0.111. The van der Waals surface area contributed by atoms with Crippen LogP contribution in [0.5, 0.6) is 11.5 Å². The number of hydrogen-bond acceptors (Lipinski definition) is 5. The van der Waals surface area contributed by atoms with Crippen LogP contribution >= 0.6 is 24.2 Å². The maximum absolute atomic E-state index is 14.0. The molecule has 0 spiro atoms. The molecule has 1 fully saturated rings. The number of carbonyl (C=O) groups excluding carboxylic acids is 2. The maximum Gasteiger partial charge on any atom is 0.293 e. The molecule has 0 aromatic heterocycles. The minimum Gasteiger partial charge on any atom is -0.454 e. The molecule has 26 heavy (non-hydrogen) atoms. The Morgan fingerprint density at radius 3 is 2.58 bits per heavy atom. The predicted molar refractivity (Wildman–Crippen MR) is 102 cm³/mol. The molecule has 1 aliphatic heterocycles. The Kier molecular flexibility index (Phi) is 6.79. The highest BCUT2D eigenvalue weighted by Crippen LogP contribution is 2.33. The molecule has 136 valence electrons. The van der Waals surface area contributed by atoms with Crippen LogP contribution in [0.1, 0.15) is 5.56 Å². The standard InChI is InChI=1S/C18H15FN2O3S.ClH/c19-14-7-6-12(10-15(14)24-13-4-2-1-3-5-13)11-16-17(22)21(9-8-20)18(23)25-16;/h1-7,10-11H,8-9,20H2;1H. The van der Waals surface area contributed by atoms with E-state index in [4.69, 9.17) is 10.5 Å². The van der Waals surface area contributed by atoms with E-state index in [1.807, 2.05) is 6.07 Å². The van der Waals surface area contributed by atoms with E-state index in [2.05, 4.69) is 0 Å². The van der Waals surface area contributed by atoms with Gasteiger partial charge in [0.25, 0.3) is 11.1 Å². The molecule has 2 N–H and O–H groups in total. The third-order valence-electron chi connectivity index (χ3n) is 3.45. The Morgan fingerprint density at radius 1 is 1.15 bits per heavy atom. The Morgan fingerprint density at radius 2 is 1.88 bits per heavy atom. The van der Waals surface area contributed by atoms with Gasteiger partial charge in [-0.05, 0) is 47.7 Å². The van der Waals surface area contributed by atoms with Gasteiger partial charge in [0.15, 0.2) is 11.6 Å². The van der Waals surface area contributed by atoms with Gasteiger partial charge < -0.3 is 10.5 Å². The molecule has 0 unspecified atom stereocenters. The van der Waals surface area contributed by atoms with Crippen LogP contribution in [0, 0.1) is 5.82 Å². The normalized spacial score (nSPS) is 15.3. The van der Waals surface area contributed by atoms with Crippen LogP contribution in [0.25, 0.3) is 6.08 Å². The zero-order chi connectivity index (χ0) is 17.8. The molecule has 2 aromatic carbocycles. The van der Waals surface area contributed by atoms with Gasteiger partial charge in [0.1, 0.15) is 5.75 Å². The number of amides is 2. The van der Waals surface area contributed by atoms with Gasteiger partial charge in [0.2, 0.25) is 0 Å². The van der Waals surface area contributed by atoms with Gasteiger partial charge in [-0.1, -0.05) is 24.3 Å². The van der Waals surface area contributed by atoms with Crippen molar-refractivity contribution >= 4 is 41.4 Å². The van der Waals surface area contributed by atoms with Gasteiger partial charge in [-0.2, -0.15) is 0 Å². The van der Waals surface area contributed by atoms with Crippen molar-refractivity contribution in [1.29, 1.82) is 0 Å². The monoisotopic (exact) mass is 394 g/mol. The highest BCUT2D eigenvalue weighted by atomic mass is 35.5. The average Bonchev–Trinajstić information content (AvgIpc) is 2.87. The Labute approximate surface area is 160 Å². The van der Waals surface area contributed by atoms with Crippen LogP contribution in [-0.4, -0.2) is 29.1 Å². The number of benzene rings is 2. The average molecular weight is 395 g/mol. The third kappa shape index (κ3) is 4.43. The van der Waals surface area contributed by atoms with Crippen molar-refractivity contribution in [3.8, 4) is 11.5 Å². The fourth-order valence-corrected chi connectivity index (χ4v) is 3.14. The first kappa shape index (κ1) is 20.0. The summed E-state index contributed by atoms with van der Waals surface area (Å²) in [6, 6.07) is 13.1. The van der Waals surface area contributed by atoms with Crippen LogP contribution in [0.2, 0.25) is 0 Å². The second-order valence-electron chi connectivity index (χ2n) is 5.23. The summed E-state index contributed by atoms with van der Waals surface area (Å²) in [5, 5.41) is -0.357. The number of thioether (sulfide) groups is 1. The molecule has 5 nitrogen and oxygen atoms in total. The summed E-state index contributed by atoms with van der Waals surface area (Å²) < 4.78 is 19.5. The molecule has 2 aromatic rings. The van der Waals surface area contributed by atoms with Crippen LogP contribution in [0.3, 0.4) is 0 Å². The van der Waals surface area contributed by atoms with Crippen molar-refractivity contribution in [2.75, 3.05) is 13.1 Å². The summed E-state index contributed by atoms with van der Waals surface area (Å²) in [5.74, 6) is -0.365. The van der Waals surface area contributed by atoms with Crippen molar-refractivity contribution in [3.63, 3.8) is 0 Å². The first-order valence-corrected chi connectivity index (χ1v) is 8.38. The first-order valence-electron chi connectivity index (χ1n) is 7.56. The lowest BCUT2D eigenvalue weighted by molar-refractivity contribution is -0.122. The Hall–Kier alpha value is -2.35. The second kappa shape index (κ2) is 8.84. The lowest BCUT2D eigenvalue weighted by atomic mass is 10.2. The number of imide groups is 1. The molecule has 3 rings (SSSR count). The highest BCUT2D eigenvalue weighted by molar-refractivity contribution is 8.18. The summed E-state index contributed by atoms with van der Waals surface area (Å²) in [7, 11) is 0. The molecule has 1 saturated heterocycles. The van der Waals surface area contributed by atoms with Crippen LogP contribution < -0.4 is 10.5 Å². The quantitative estimate of drug-likeness (QED) is 0.775. The molecule has 0 radical (unpaired) electrons. The van der Waals surface area contributed by atoms with Gasteiger partial charge in [-0.25, -0.2) is 4.39 Å². The number of hydrogen-bond donors (Lipinski definition) is 1. The molecular formula is C18H16ClFN2O3S. The van der Waals surface area contributed by atoms with E-state index in [1.54, 1.807) is 30.3 Å². The number of ether oxygens (including phenoxy) is 1. The lowest BCUT2D eigenvalue weighted by Gasteiger charge is -2.09. The third-order valence-corrected chi connectivity index (χ3v) is 4.36. The summed E-state index contributed by atoms with van der Waals surface area (Å²) in [4.78, 5) is 25.4. The van der Waals surface area contributed by atoms with Gasteiger partial charge in [-0.15, -0.1) is 12.4 Å². The van der Waals surface area contributed by atoms with Crippen LogP contribution in [0.15, 0.2) is 53.4 Å².